The molecule has 0 unspecified atom stereocenters. The lowest BCUT2D eigenvalue weighted by Crippen LogP contribution is -2.48. The van der Waals surface area contributed by atoms with Crippen LogP contribution in [0.1, 0.15) is 23.4 Å². The van der Waals surface area contributed by atoms with Gasteiger partial charge in [0.1, 0.15) is 5.76 Å². The second kappa shape index (κ2) is 7.52. The zero-order valence-electron chi connectivity index (χ0n) is 14.2. The van der Waals surface area contributed by atoms with Crippen molar-refractivity contribution in [3.63, 3.8) is 0 Å². The van der Waals surface area contributed by atoms with Gasteiger partial charge in [0.2, 0.25) is 5.91 Å². The van der Waals surface area contributed by atoms with E-state index in [-0.39, 0.29) is 12.3 Å². The summed E-state index contributed by atoms with van der Waals surface area (Å²) in [6.07, 6.45) is 2.24. The molecule has 8 heteroatoms. The van der Waals surface area contributed by atoms with Gasteiger partial charge in [-0.1, -0.05) is 0 Å². The summed E-state index contributed by atoms with van der Waals surface area (Å²) in [7, 11) is 0. The number of piperazine rings is 1. The van der Waals surface area contributed by atoms with Crippen molar-refractivity contribution < 1.29 is 9.21 Å². The van der Waals surface area contributed by atoms with Crippen molar-refractivity contribution in [2.75, 3.05) is 26.2 Å². The maximum Gasteiger partial charge on any atom is 0.325 e. The van der Waals surface area contributed by atoms with Crippen LogP contribution in [-0.2, 0) is 17.8 Å². The number of hydrogen-bond donors (Lipinski definition) is 2. The van der Waals surface area contributed by atoms with E-state index in [2.05, 4.69) is 14.9 Å². The molecule has 2 N–H and O–H groups in total. The fourth-order valence-electron chi connectivity index (χ4n) is 3.10. The third-order valence-corrected chi connectivity index (χ3v) is 4.53. The molecule has 0 saturated carbocycles. The Balaban J connectivity index is 1.50. The van der Waals surface area contributed by atoms with E-state index in [0.29, 0.717) is 30.8 Å². The number of H-pyrrole nitrogens is 2. The normalized spacial score (nSPS) is 15.5. The Hall–Kier alpha value is -2.61. The van der Waals surface area contributed by atoms with Crippen LogP contribution in [0.25, 0.3) is 0 Å². The summed E-state index contributed by atoms with van der Waals surface area (Å²) < 4.78 is 5.35. The molecule has 1 saturated heterocycles. The fraction of sp³-hybridized carbons (Fsp3) is 0.471. The highest BCUT2D eigenvalue weighted by atomic mass is 16.3. The maximum atomic E-state index is 12.4. The first-order chi connectivity index (χ1) is 12.0. The zero-order chi connectivity index (χ0) is 17.8. The highest BCUT2D eigenvalue weighted by molar-refractivity contribution is 5.76. The van der Waals surface area contributed by atoms with Crippen LogP contribution < -0.4 is 11.2 Å². The average molecular weight is 346 g/mol. The highest BCUT2D eigenvalue weighted by Crippen LogP contribution is 2.10. The van der Waals surface area contributed by atoms with Gasteiger partial charge in [0, 0.05) is 43.9 Å². The first-order valence-electron chi connectivity index (χ1n) is 8.37. The zero-order valence-corrected chi connectivity index (χ0v) is 14.2. The standard InChI is InChI=1S/C17H22N4O4/c1-12-14(16(23)19-17(24)18-12)4-5-15(22)21-8-6-20(7-9-21)11-13-3-2-10-25-13/h2-3,10H,4-9,11H2,1H3,(H2,18,19,23,24). The molecule has 134 valence electrons. The molecule has 0 aliphatic carbocycles. The lowest BCUT2D eigenvalue weighted by atomic mass is 10.1. The Bertz CT molecular complexity index is 829. The van der Waals surface area contributed by atoms with E-state index < -0.39 is 11.2 Å². The molecule has 1 amide bonds. The number of nitrogens with one attached hydrogen (secondary N) is 2. The number of aryl methyl sites for hydroxylation is 1. The van der Waals surface area contributed by atoms with Crippen molar-refractivity contribution in [2.24, 2.45) is 0 Å². The Morgan fingerprint density at radius 3 is 2.60 bits per heavy atom. The van der Waals surface area contributed by atoms with Gasteiger partial charge in [-0.25, -0.2) is 4.79 Å². The minimum Gasteiger partial charge on any atom is -0.468 e. The third kappa shape index (κ3) is 4.27. The van der Waals surface area contributed by atoms with Crippen molar-refractivity contribution in [1.82, 2.24) is 19.8 Å². The molecule has 2 aromatic heterocycles. The average Bonchev–Trinajstić information content (AvgIpc) is 3.07. The number of aromatic nitrogens is 2. The predicted octanol–water partition coefficient (Wildman–Crippen LogP) is 0.242. The van der Waals surface area contributed by atoms with E-state index in [1.54, 1.807) is 13.2 Å². The molecule has 0 bridgehead atoms. The fourth-order valence-corrected chi connectivity index (χ4v) is 3.10. The molecule has 1 aliphatic rings. The smallest absolute Gasteiger partial charge is 0.325 e. The van der Waals surface area contributed by atoms with Crippen LogP contribution in [0.3, 0.4) is 0 Å². The molecular weight excluding hydrogens is 324 g/mol. The number of carbonyl (C=O) groups is 1. The minimum atomic E-state index is -0.523. The molecular formula is C17H22N4O4. The molecule has 0 atom stereocenters. The van der Waals surface area contributed by atoms with Crippen molar-refractivity contribution in [2.45, 2.75) is 26.3 Å². The van der Waals surface area contributed by atoms with Crippen LogP contribution in [0.5, 0.6) is 0 Å². The summed E-state index contributed by atoms with van der Waals surface area (Å²) in [4.78, 5) is 44.3. The minimum absolute atomic E-state index is 0.0302. The van der Waals surface area contributed by atoms with Gasteiger partial charge >= 0.3 is 5.69 Å². The molecule has 0 radical (unpaired) electrons. The number of rotatable bonds is 5. The number of carbonyl (C=O) groups excluding carboxylic acids is 1. The van der Waals surface area contributed by atoms with Crippen LogP contribution in [-0.4, -0.2) is 51.9 Å². The van der Waals surface area contributed by atoms with E-state index in [4.69, 9.17) is 4.42 Å². The van der Waals surface area contributed by atoms with Gasteiger partial charge in [-0.2, -0.15) is 0 Å². The molecule has 2 aromatic rings. The van der Waals surface area contributed by atoms with Crippen molar-refractivity contribution >= 4 is 5.91 Å². The van der Waals surface area contributed by atoms with Crippen LogP contribution in [0.4, 0.5) is 0 Å². The molecule has 1 fully saturated rings. The second-order valence-corrected chi connectivity index (χ2v) is 6.25. The van der Waals surface area contributed by atoms with Crippen LogP contribution in [0, 0.1) is 6.92 Å². The summed E-state index contributed by atoms with van der Waals surface area (Å²) in [5, 5.41) is 0. The van der Waals surface area contributed by atoms with Crippen molar-refractivity contribution in [1.29, 1.82) is 0 Å². The van der Waals surface area contributed by atoms with Gasteiger partial charge in [0.05, 0.1) is 12.8 Å². The molecule has 3 heterocycles. The summed E-state index contributed by atoms with van der Waals surface area (Å²) in [6, 6.07) is 3.82. The van der Waals surface area contributed by atoms with E-state index in [1.165, 1.54) is 0 Å². The molecule has 8 nitrogen and oxygen atoms in total. The van der Waals surface area contributed by atoms with Gasteiger partial charge < -0.3 is 14.3 Å². The summed E-state index contributed by atoms with van der Waals surface area (Å²) >= 11 is 0. The number of aromatic amines is 2. The van der Waals surface area contributed by atoms with E-state index in [0.717, 1.165) is 25.4 Å². The Labute approximate surface area is 144 Å². The van der Waals surface area contributed by atoms with Crippen molar-refractivity contribution in [3.05, 3.63) is 56.3 Å². The van der Waals surface area contributed by atoms with Crippen molar-refractivity contribution in [3.8, 4) is 0 Å². The van der Waals surface area contributed by atoms with Crippen LogP contribution in [0.2, 0.25) is 0 Å². The monoisotopic (exact) mass is 346 g/mol. The SMILES string of the molecule is Cc1[nH]c(=O)[nH]c(=O)c1CCC(=O)N1CCN(Cc2ccco2)CC1. The molecule has 0 aromatic carbocycles. The van der Waals surface area contributed by atoms with E-state index in [1.807, 2.05) is 17.0 Å². The Morgan fingerprint density at radius 2 is 1.96 bits per heavy atom. The topological polar surface area (TPSA) is 102 Å². The molecule has 25 heavy (non-hydrogen) atoms. The number of hydrogen-bond acceptors (Lipinski definition) is 5. The largest absolute Gasteiger partial charge is 0.468 e. The lowest BCUT2D eigenvalue weighted by Gasteiger charge is -2.34. The molecule has 1 aliphatic heterocycles. The van der Waals surface area contributed by atoms with E-state index in [9.17, 15) is 14.4 Å². The lowest BCUT2D eigenvalue weighted by molar-refractivity contribution is -0.133. The Kier molecular flexibility index (Phi) is 5.18. The third-order valence-electron chi connectivity index (χ3n) is 4.53. The maximum absolute atomic E-state index is 12.4. The molecule has 3 rings (SSSR count). The summed E-state index contributed by atoms with van der Waals surface area (Å²) in [6.45, 7) is 5.35. The number of nitrogens with zero attached hydrogens (tertiary/aromatic N) is 2. The Morgan fingerprint density at radius 1 is 1.20 bits per heavy atom. The van der Waals surface area contributed by atoms with Gasteiger partial charge in [-0.15, -0.1) is 0 Å². The second-order valence-electron chi connectivity index (χ2n) is 6.25. The van der Waals surface area contributed by atoms with Gasteiger partial charge in [-0.3, -0.25) is 19.5 Å². The number of furan rings is 1. The first kappa shape index (κ1) is 17.2. The van der Waals surface area contributed by atoms with Gasteiger partial charge in [0.15, 0.2) is 0 Å². The summed E-state index contributed by atoms with van der Waals surface area (Å²) in [5.74, 6) is 0.954. The number of amides is 1. The first-order valence-corrected chi connectivity index (χ1v) is 8.37. The summed E-state index contributed by atoms with van der Waals surface area (Å²) in [5.41, 5.74) is 0.0387. The predicted molar refractivity (Wildman–Crippen MR) is 91.3 cm³/mol. The van der Waals surface area contributed by atoms with Gasteiger partial charge in [-0.05, 0) is 25.5 Å². The van der Waals surface area contributed by atoms with Crippen LogP contribution in [0.15, 0.2) is 32.4 Å². The van der Waals surface area contributed by atoms with Gasteiger partial charge in [0.25, 0.3) is 5.56 Å². The highest BCUT2D eigenvalue weighted by Gasteiger charge is 2.22. The quantitative estimate of drug-likeness (QED) is 0.807. The van der Waals surface area contributed by atoms with Crippen LogP contribution >= 0.6 is 0 Å². The molecule has 0 spiro atoms. The van der Waals surface area contributed by atoms with E-state index >= 15 is 0 Å².